The summed E-state index contributed by atoms with van der Waals surface area (Å²) in [4.78, 5) is 4.27. The molecule has 1 rings (SSSR count). The van der Waals surface area contributed by atoms with Gasteiger partial charge in [-0.3, -0.25) is 4.99 Å². The standard InChI is InChI=1S/C13H18Cl2N2O2S/c1-9(8-18-2)17-13(16)20-6-5-19-12-4-3-10(14)7-11(12)15/h3-4,7,9H,5-6,8H2,1-2H3,(H2,16,17)/t9-/m0/s1. The van der Waals surface area contributed by atoms with Crippen LogP contribution < -0.4 is 10.5 Å². The Morgan fingerprint density at radius 1 is 1.45 bits per heavy atom. The van der Waals surface area contributed by atoms with Gasteiger partial charge in [-0.25, -0.2) is 0 Å². The molecule has 2 N–H and O–H groups in total. The summed E-state index contributed by atoms with van der Waals surface area (Å²) in [5.74, 6) is 1.30. The van der Waals surface area contributed by atoms with E-state index >= 15 is 0 Å². The van der Waals surface area contributed by atoms with Gasteiger partial charge in [0.2, 0.25) is 0 Å². The van der Waals surface area contributed by atoms with Crippen LogP contribution in [0.5, 0.6) is 5.75 Å². The van der Waals surface area contributed by atoms with Crippen molar-refractivity contribution in [1.82, 2.24) is 0 Å². The molecular formula is C13H18Cl2N2O2S. The predicted molar refractivity (Wildman–Crippen MR) is 87.4 cm³/mol. The molecule has 112 valence electrons. The van der Waals surface area contributed by atoms with Crippen molar-refractivity contribution < 1.29 is 9.47 Å². The first-order valence-electron chi connectivity index (χ1n) is 6.05. The second kappa shape index (κ2) is 9.34. The first-order chi connectivity index (χ1) is 9.52. The average Bonchev–Trinajstić information content (AvgIpc) is 2.36. The fraction of sp³-hybridized carbons (Fsp3) is 0.462. The lowest BCUT2D eigenvalue weighted by Gasteiger charge is -2.09. The molecule has 0 saturated heterocycles. The maximum Gasteiger partial charge on any atom is 0.154 e. The maximum absolute atomic E-state index is 6.00. The number of ether oxygens (including phenoxy) is 2. The van der Waals surface area contributed by atoms with Crippen LogP contribution in [0.3, 0.4) is 0 Å². The van der Waals surface area contributed by atoms with Gasteiger partial charge in [0.05, 0.1) is 24.3 Å². The van der Waals surface area contributed by atoms with Crippen molar-refractivity contribution in [3.05, 3.63) is 28.2 Å². The smallest absolute Gasteiger partial charge is 0.154 e. The lowest BCUT2D eigenvalue weighted by Crippen LogP contribution is -2.16. The number of aliphatic imine (C=N–C) groups is 1. The summed E-state index contributed by atoms with van der Waals surface area (Å²) in [6, 6.07) is 5.18. The zero-order valence-electron chi connectivity index (χ0n) is 11.4. The van der Waals surface area contributed by atoms with E-state index in [0.29, 0.717) is 39.9 Å². The molecule has 0 fully saturated rings. The number of thioether (sulfide) groups is 1. The van der Waals surface area contributed by atoms with E-state index in [2.05, 4.69) is 4.99 Å². The normalized spacial score (nSPS) is 13.3. The van der Waals surface area contributed by atoms with Gasteiger partial charge < -0.3 is 15.2 Å². The summed E-state index contributed by atoms with van der Waals surface area (Å²) < 4.78 is 10.5. The van der Waals surface area contributed by atoms with E-state index in [-0.39, 0.29) is 6.04 Å². The SMILES string of the molecule is COC[C@H](C)N=C(N)SCCOc1ccc(Cl)cc1Cl. The summed E-state index contributed by atoms with van der Waals surface area (Å²) in [5.41, 5.74) is 5.79. The molecule has 0 saturated carbocycles. The van der Waals surface area contributed by atoms with Gasteiger partial charge in [-0.05, 0) is 25.1 Å². The third-order valence-electron chi connectivity index (χ3n) is 2.24. The molecule has 0 spiro atoms. The first-order valence-corrected chi connectivity index (χ1v) is 7.80. The molecule has 0 heterocycles. The summed E-state index contributed by atoms with van der Waals surface area (Å²) in [7, 11) is 1.64. The predicted octanol–water partition coefficient (Wildman–Crippen LogP) is 3.46. The summed E-state index contributed by atoms with van der Waals surface area (Å²) in [5, 5.41) is 1.61. The van der Waals surface area contributed by atoms with Gasteiger partial charge in [-0.1, -0.05) is 35.0 Å². The minimum absolute atomic E-state index is 0.0547. The Balaban J connectivity index is 2.31. The monoisotopic (exact) mass is 336 g/mol. The second-order valence-electron chi connectivity index (χ2n) is 4.04. The van der Waals surface area contributed by atoms with Crippen LogP contribution in [-0.2, 0) is 4.74 Å². The number of nitrogens with two attached hydrogens (primary N) is 1. The minimum atomic E-state index is 0.0547. The van der Waals surface area contributed by atoms with Gasteiger partial charge in [-0.15, -0.1) is 0 Å². The molecule has 0 aliphatic carbocycles. The van der Waals surface area contributed by atoms with Crippen LogP contribution in [0.1, 0.15) is 6.92 Å². The molecule has 20 heavy (non-hydrogen) atoms. The topological polar surface area (TPSA) is 56.8 Å². The van der Waals surface area contributed by atoms with Gasteiger partial charge in [0, 0.05) is 17.9 Å². The molecule has 1 aromatic rings. The number of nitrogens with zero attached hydrogens (tertiary/aromatic N) is 1. The van der Waals surface area contributed by atoms with Crippen molar-refractivity contribution in [3.63, 3.8) is 0 Å². The number of hydrogen-bond acceptors (Lipinski definition) is 4. The number of amidine groups is 1. The molecule has 0 aliphatic heterocycles. The summed E-state index contributed by atoms with van der Waals surface area (Å²) >= 11 is 13.2. The van der Waals surface area contributed by atoms with Crippen molar-refractivity contribution in [2.24, 2.45) is 10.7 Å². The van der Waals surface area contributed by atoms with E-state index in [9.17, 15) is 0 Å². The highest BCUT2D eigenvalue weighted by Gasteiger charge is 2.04. The minimum Gasteiger partial charge on any atom is -0.491 e. The van der Waals surface area contributed by atoms with Crippen molar-refractivity contribution in [2.45, 2.75) is 13.0 Å². The quantitative estimate of drug-likeness (QED) is 0.470. The molecule has 0 bridgehead atoms. The van der Waals surface area contributed by atoms with Gasteiger partial charge in [0.25, 0.3) is 0 Å². The number of methoxy groups -OCH3 is 1. The van der Waals surface area contributed by atoms with Crippen LogP contribution in [-0.4, -0.2) is 37.3 Å². The van der Waals surface area contributed by atoms with E-state index in [1.165, 1.54) is 11.8 Å². The van der Waals surface area contributed by atoms with Gasteiger partial charge in [-0.2, -0.15) is 0 Å². The van der Waals surface area contributed by atoms with Crippen LogP contribution in [0.2, 0.25) is 10.0 Å². The van der Waals surface area contributed by atoms with Crippen LogP contribution in [0, 0.1) is 0 Å². The van der Waals surface area contributed by atoms with Crippen molar-refractivity contribution in [3.8, 4) is 5.75 Å². The lowest BCUT2D eigenvalue weighted by molar-refractivity contribution is 0.186. The maximum atomic E-state index is 6.00. The average molecular weight is 337 g/mol. The Labute approximate surface area is 133 Å². The fourth-order valence-electron chi connectivity index (χ4n) is 1.42. The van der Waals surface area contributed by atoms with Crippen LogP contribution >= 0.6 is 35.0 Å². The molecule has 0 radical (unpaired) electrons. The molecule has 0 unspecified atom stereocenters. The lowest BCUT2D eigenvalue weighted by atomic mass is 10.3. The van der Waals surface area contributed by atoms with Gasteiger partial charge in [0.15, 0.2) is 5.17 Å². The highest BCUT2D eigenvalue weighted by molar-refractivity contribution is 8.13. The zero-order chi connectivity index (χ0) is 15.0. The number of halogens is 2. The van der Waals surface area contributed by atoms with Gasteiger partial charge >= 0.3 is 0 Å². The number of rotatable bonds is 7. The second-order valence-corrected chi connectivity index (χ2v) is 6.00. The highest BCUT2D eigenvalue weighted by Crippen LogP contribution is 2.27. The summed E-state index contributed by atoms with van der Waals surface area (Å²) in [6.45, 7) is 2.99. The van der Waals surface area contributed by atoms with E-state index in [1.807, 2.05) is 6.92 Å². The van der Waals surface area contributed by atoms with Crippen LogP contribution in [0.4, 0.5) is 0 Å². The molecule has 1 aromatic carbocycles. The first kappa shape index (κ1) is 17.4. The molecule has 0 aromatic heterocycles. The Hall–Kier alpha value is -0.620. The number of benzene rings is 1. The molecule has 0 amide bonds. The van der Waals surface area contributed by atoms with E-state index in [4.69, 9.17) is 38.4 Å². The third kappa shape index (κ3) is 6.70. The molecule has 7 heteroatoms. The molecule has 1 atom stereocenters. The van der Waals surface area contributed by atoms with Gasteiger partial charge in [0.1, 0.15) is 5.75 Å². The molecular weight excluding hydrogens is 319 g/mol. The molecule has 4 nitrogen and oxygen atoms in total. The highest BCUT2D eigenvalue weighted by atomic mass is 35.5. The number of hydrogen-bond donors (Lipinski definition) is 1. The fourth-order valence-corrected chi connectivity index (χ4v) is 2.52. The van der Waals surface area contributed by atoms with Crippen LogP contribution in [0.25, 0.3) is 0 Å². The van der Waals surface area contributed by atoms with Crippen molar-refractivity contribution in [1.29, 1.82) is 0 Å². The van der Waals surface area contributed by atoms with Crippen molar-refractivity contribution >= 4 is 40.1 Å². The van der Waals surface area contributed by atoms with E-state index in [0.717, 1.165) is 0 Å². The third-order valence-corrected chi connectivity index (χ3v) is 3.54. The largest absolute Gasteiger partial charge is 0.491 e. The van der Waals surface area contributed by atoms with E-state index < -0.39 is 0 Å². The Morgan fingerprint density at radius 2 is 2.20 bits per heavy atom. The Morgan fingerprint density at radius 3 is 2.85 bits per heavy atom. The molecule has 0 aliphatic rings. The Bertz CT molecular complexity index is 458. The van der Waals surface area contributed by atoms with Crippen molar-refractivity contribution in [2.75, 3.05) is 26.1 Å². The summed E-state index contributed by atoms with van der Waals surface area (Å²) in [6.07, 6.45) is 0. The zero-order valence-corrected chi connectivity index (χ0v) is 13.8. The van der Waals surface area contributed by atoms with Crippen LogP contribution in [0.15, 0.2) is 23.2 Å². The van der Waals surface area contributed by atoms with E-state index in [1.54, 1.807) is 25.3 Å². The Kier molecular flexibility index (Phi) is 8.14.